The van der Waals surface area contributed by atoms with Gasteiger partial charge in [0, 0.05) is 16.9 Å². The number of para-hydroxylation sites is 1. The molecule has 1 aliphatic rings. The van der Waals surface area contributed by atoms with Gasteiger partial charge < -0.3 is 0 Å². The van der Waals surface area contributed by atoms with Gasteiger partial charge in [0.2, 0.25) is 0 Å². The molecule has 24 heavy (non-hydrogen) atoms. The van der Waals surface area contributed by atoms with E-state index < -0.39 is 6.30 Å². The van der Waals surface area contributed by atoms with Crippen LogP contribution in [0.1, 0.15) is 23.7 Å². The van der Waals surface area contributed by atoms with E-state index in [0.717, 1.165) is 35.1 Å². The number of aromatic nitrogens is 1. The van der Waals surface area contributed by atoms with Crippen molar-refractivity contribution in [2.75, 3.05) is 6.26 Å². The van der Waals surface area contributed by atoms with Gasteiger partial charge in [-0.3, -0.25) is 9.47 Å². The third kappa shape index (κ3) is 2.70. The van der Waals surface area contributed by atoms with E-state index >= 15 is 0 Å². The normalized spacial score (nSPS) is 14.6. The summed E-state index contributed by atoms with van der Waals surface area (Å²) >= 11 is 1.01. The number of hydrogen-bond acceptors (Lipinski definition) is 3. The molecule has 2 aromatic rings. The Bertz CT molecular complexity index is 779. The maximum atomic E-state index is 13.3. The molecule has 7 heteroatoms. The molecule has 1 aromatic heterocycles. The van der Waals surface area contributed by atoms with Gasteiger partial charge in [-0.1, -0.05) is 36.9 Å². The fourth-order valence-electron chi connectivity index (χ4n) is 3.09. The quantitative estimate of drug-likeness (QED) is 0.706. The van der Waals surface area contributed by atoms with E-state index in [4.69, 9.17) is 0 Å². The zero-order valence-corrected chi connectivity index (χ0v) is 14.5. The summed E-state index contributed by atoms with van der Waals surface area (Å²) in [6.45, 7) is 3.69. The number of nitrogens with zero attached hydrogens (tertiary/aromatic N) is 3. The first kappa shape index (κ1) is 17.0. The van der Waals surface area contributed by atoms with Crippen LogP contribution in [0.2, 0.25) is 0 Å². The number of rotatable bonds is 2. The van der Waals surface area contributed by atoms with Crippen molar-refractivity contribution in [2.24, 2.45) is 4.99 Å². The molecule has 0 N–H and O–H groups in total. The van der Waals surface area contributed by atoms with Crippen LogP contribution in [0.4, 0.5) is 19.0 Å². The van der Waals surface area contributed by atoms with Crippen molar-refractivity contribution in [1.82, 2.24) is 9.47 Å². The first-order valence-electron chi connectivity index (χ1n) is 7.64. The lowest BCUT2D eigenvalue weighted by molar-refractivity contribution is -0.220. The largest absolute Gasteiger partial charge is 0.486 e. The van der Waals surface area contributed by atoms with Gasteiger partial charge in [0.15, 0.2) is 5.17 Å². The molecule has 128 valence electrons. The summed E-state index contributed by atoms with van der Waals surface area (Å²) in [7, 11) is 0. The topological polar surface area (TPSA) is 20.5 Å². The van der Waals surface area contributed by atoms with Crippen LogP contribution in [0.3, 0.4) is 0 Å². The first-order chi connectivity index (χ1) is 11.4. The Labute approximate surface area is 143 Å². The van der Waals surface area contributed by atoms with Crippen LogP contribution in [0.15, 0.2) is 35.3 Å². The standard InChI is InChI=1S/C17H18F3N3S/c1-4-14-11(2)13-10-22(17(18,19)20)16(24-3)21-15(13)23(14)12-8-6-5-7-9-12/h5-9H,4,10H2,1-3H3. The van der Waals surface area contributed by atoms with Crippen LogP contribution >= 0.6 is 11.8 Å². The first-order valence-corrected chi connectivity index (χ1v) is 8.86. The molecule has 3 rings (SSSR count). The van der Waals surface area contributed by atoms with Gasteiger partial charge in [-0.05, 0) is 37.3 Å². The van der Waals surface area contributed by atoms with Crippen LogP contribution in [-0.4, -0.2) is 27.2 Å². The third-order valence-corrected chi connectivity index (χ3v) is 4.90. The van der Waals surface area contributed by atoms with Crippen molar-refractivity contribution in [1.29, 1.82) is 0 Å². The lowest BCUT2D eigenvalue weighted by Crippen LogP contribution is -2.42. The predicted molar refractivity (Wildman–Crippen MR) is 92.1 cm³/mol. The van der Waals surface area contributed by atoms with E-state index in [1.165, 1.54) is 0 Å². The number of halogens is 3. The summed E-state index contributed by atoms with van der Waals surface area (Å²) in [6, 6.07) is 9.65. The smallest absolute Gasteiger partial charge is 0.298 e. The lowest BCUT2D eigenvalue weighted by Gasteiger charge is -2.30. The van der Waals surface area contributed by atoms with Gasteiger partial charge in [0.05, 0.1) is 6.54 Å². The minimum Gasteiger partial charge on any atom is -0.298 e. The summed E-state index contributed by atoms with van der Waals surface area (Å²) in [4.78, 5) is 4.78. The molecule has 3 nitrogen and oxygen atoms in total. The number of amidine groups is 1. The maximum absolute atomic E-state index is 13.3. The number of hydrogen-bond donors (Lipinski definition) is 0. The minimum absolute atomic E-state index is 0.0210. The molecule has 0 radical (unpaired) electrons. The second-order valence-electron chi connectivity index (χ2n) is 5.55. The molecule has 0 spiro atoms. The Morgan fingerprint density at radius 1 is 1.21 bits per heavy atom. The molecule has 1 aliphatic heterocycles. The molecule has 2 heterocycles. The van der Waals surface area contributed by atoms with Crippen LogP contribution in [0, 0.1) is 6.92 Å². The van der Waals surface area contributed by atoms with Crippen LogP contribution in [0.5, 0.6) is 0 Å². The highest BCUT2D eigenvalue weighted by Gasteiger charge is 2.43. The van der Waals surface area contributed by atoms with Gasteiger partial charge >= 0.3 is 6.30 Å². The number of aliphatic imine (C=N–C) groups is 1. The average Bonchev–Trinajstić information content (AvgIpc) is 2.85. The zero-order chi connectivity index (χ0) is 17.5. The molecule has 0 saturated carbocycles. The van der Waals surface area contributed by atoms with Gasteiger partial charge in [0.1, 0.15) is 5.82 Å². The Hall–Kier alpha value is -1.89. The summed E-state index contributed by atoms with van der Waals surface area (Å²) in [6.07, 6.45) is -2.09. The fraction of sp³-hybridized carbons (Fsp3) is 0.353. The van der Waals surface area contributed by atoms with Crippen LogP contribution in [-0.2, 0) is 13.0 Å². The molecule has 0 amide bonds. The van der Waals surface area contributed by atoms with Gasteiger partial charge in [-0.15, -0.1) is 13.2 Å². The molecule has 0 atom stereocenters. The zero-order valence-electron chi connectivity index (χ0n) is 13.7. The second-order valence-corrected chi connectivity index (χ2v) is 6.32. The lowest BCUT2D eigenvalue weighted by atomic mass is 10.1. The molecule has 1 aromatic carbocycles. The third-order valence-electron chi connectivity index (χ3n) is 4.22. The minimum atomic E-state index is -4.44. The van der Waals surface area contributed by atoms with E-state index in [2.05, 4.69) is 4.99 Å². The highest BCUT2D eigenvalue weighted by molar-refractivity contribution is 8.13. The van der Waals surface area contributed by atoms with E-state index in [-0.39, 0.29) is 11.7 Å². The number of benzene rings is 1. The maximum Gasteiger partial charge on any atom is 0.486 e. The molecule has 0 unspecified atom stereocenters. The fourth-order valence-corrected chi connectivity index (χ4v) is 3.65. The van der Waals surface area contributed by atoms with Crippen LogP contribution in [0.25, 0.3) is 5.69 Å². The summed E-state index contributed by atoms with van der Waals surface area (Å²) in [5, 5.41) is -0.0210. The van der Waals surface area contributed by atoms with Crippen LogP contribution < -0.4 is 0 Å². The summed E-state index contributed by atoms with van der Waals surface area (Å²) < 4.78 is 42.0. The molecule has 0 aliphatic carbocycles. The van der Waals surface area contributed by atoms with Gasteiger partial charge in [-0.2, -0.15) is 0 Å². The average molecular weight is 353 g/mol. The molecule has 0 bridgehead atoms. The molecule has 0 fully saturated rings. The Morgan fingerprint density at radius 2 is 1.88 bits per heavy atom. The number of alkyl halides is 3. The van der Waals surface area contributed by atoms with E-state index in [1.807, 2.05) is 48.7 Å². The predicted octanol–water partition coefficient (Wildman–Crippen LogP) is 5.03. The molecular formula is C17H18F3N3S. The van der Waals surface area contributed by atoms with Crippen molar-refractivity contribution >= 4 is 22.7 Å². The number of thioether (sulfide) groups is 1. The van der Waals surface area contributed by atoms with Crippen molar-refractivity contribution in [3.63, 3.8) is 0 Å². The Morgan fingerprint density at radius 3 is 2.42 bits per heavy atom. The van der Waals surface area contributed by atoms with Crippen molar-refractivity contribution in [2.45, 2.75) is 33.1 Å². The number of fused-ring (bicyclic) bond motifs is 1. The summed E-state index contributed by atoms with van der Waals surface area (Å²) in [5.41, 5.74) is 3.45. The second kappa shape index (κ2) is 6.20. The van der Waals surface area contributed by atoms with E-state index in [0.29, 0.717) is 16.3 Å². The van der Waals surface area contributed by atoms with Crippen molar-refractivity contribution in [3.8, 4) is 5.69 Å². The van der Waals surface area contributed by atoms with Crippen molar-refractivity contribution in [3.05, 3.63) is 47.2 Å². The van der Waals surface area contributed by atoms with Crippen molar-refractivity contribution < 1.29 is 13.2 Å². The summed E-state index contributed by atoms with van der Waals surface area (Å²) in [5.74, 6) is 0.611. The SMILES string of the molecule is CCc1c(C)c2c(n1-c1ccccc1)N=C(SC)N(C(F)(F)F)C2. The molecule has 0 saturated heterocycles. The van der Waals surface area contributed by atoms with Gasteiger partial charge in [-0.25, -0.2) is 4.99 Å². The highest BCUT2D eigenvalue weighted by atomic mass is 32.2. The Kier molecular flexibility index (Phi) is 4.38. The van der Waals surface area contributed by atoms with E-state index in [1.54, 1.807) is 6.26 Å². The Balaban J connectivity index is 2.24. The highest BCUT2D eigenvalue weighted by Crippen LogP contribution is 2.41. The van der Waals surface area contributed by atoms with Gasteiger partial charge in [0.25, 0.3) is 0 Å². The monoisotopic (exact) mass is 353 g/mol. The molecular weight excluding hydrogens is 335 g/mol. The van der Waals surface area contributed by atoms with E-state index in [9.17, 15) is 13.2 Å².